The summed E-state index contributed by atoms with van der Waals surface area (Å²) < 4.78 is 0. The van der Waals surface area contributed by atoms with Crippen molar-refractivity contribution < 1.29 is 0 Å². The van der Waals surface area contributed by atoms with Crippen LogP contribution in [0.25, 0.3) is 0 Å². The van der Waals surface area contributed by atoms with Crippen molar-refractivity contribution in [2.75, 3.05) is 13.6 Å². The van der Waals surface area contributed by atoms with Gasteiger partial charge >= 0.3 is 0 Å². The van der Waals surface area contributed by atoms with Crippen molar-refractivity contribution in [1.29, 1.82) is 0 Å². The van der Waals surface area contributed by atoms with Crippen molar-refractivity contribution in [3.8, 4) is 0 Å². The van der Waals surface area contributed by atoms with Crippen LogP contribution >= 0.6 is 0 Å². The zero-order valence-corrected chi connectivity index (χ0v) is 12.5. The number of pyridine rings is 1. The van der Waals surface area contributed by atoms with Crippen molar-refractivity contribution in [2.24, 2.45) is 9.98 Å². The quantitative estimate of drug-likeness (QED) is 0.753. The highest BCUT2D eigenvalue weighted by Crippen LogP contribution is 2.20. The van der Waals surface area contributed by atoms with Gasteiger partial charge in [0.05, 0.1) is 22.8 Å². The van der Waals surface area contributed by atoms with Crippen LogP contribution in [0.15, 0.2) is 9.98 Å². The fourth-order valence-corrected chi connectivity index (χ4v) is 2.04. The molecule has 0 fully saturated rings. The minimum Gasteiger partial charge on any atom is -0.291 e. The Labute approximate surface area is 110 Å². The fourth-order valence-electron chi connectivity index (χ4n) is 2.04. The average molecular weight is 245 g/mol. The molecule has 1 aromatic heterocycles. The maximum Gasteiger partial charge on any atom is 0.0877 e. The van der Waals surface area contributed by atoms with Crippen LogP contribution in [0.2, 0.25) is 0 Å². The molecule has 0 aliphatic heterocycles. The largest absolute Gasteiger partial charge is 0.291 e. The fraction of sp³-hybridized carbons (Fsp3) is 0.533. The first-order chi connectivity index (χ1) is 8.43. The Morgan fingerprint density at radius 2 is 1.44 bits per heavy atom. The summed E-state index contributed by atoms with van der Waals surface area (Å²) >= 11 is 0. The van der Waals surface area contributed by atoms with Gasteiger partial charge < -0.3 is 0 Å². The lowest BCUT2D eigenvalue weighted by Crippen LogP contribution is -2.12. The van der Waals surface area contributed by atoms with E-state index in [1.54, 1.807) is 7.05 Å². The topological polar surface area (TPSA) is 37.6 Å². The Kier molecular flexibility index (Phi) is 4.76. The van der Waals surface area contributed by atoms with Gasteiger partial charge in [0.2, 0.25) is 0 Å². The zero-order valence-electron chi connectivity index (χ0n) is 12.5. The lowest BCUT2D eigenvalue weighted by molar-refractivity contribution is 1.08. The normalized spacial score (nSPS) is 13.1. The number of nitrogens with zero attached hydrogens (tertiary/aromatic N) is 3. The van der Waals surface area contributed by atoms with E-state index in [0.29, 0.717) is 0 Å². The van der Waals surface area contributed by atoms with Gasteiger partial charge in [-0.1, -0.05) is 0 Å². The van der Waals surface area contributed by atoms with E-state index in [4.69, 9.17) is 4.98 Å². The van der Waals surface area contributed by atoms with Gasteiger partial charge in [0.1, 0.15) is 0 Å². The highest BCUT2D eigenvalue weighted by atomic mass is 14.8. The molecule has 98 valence electrons. The molecule has 1 heterocycles. The monoisotopic (exact) mass is 245 g/mol. The van der Waals surface area contributed by atoms with E-state index in [9.17, 15) is 0 Å². The van der Waals surface area contributed by atoms with Gasteiger partial charge in [-0.2, -0.15) is 0 Å². The smallest absolute Gasteiger partial charge is 0.0877 e. The standard InChI is InChI=1S/C15H23N3/c1-8-17-13(6)15-11(4)9(2)10(3)14(18-15)12(5)16-7/h8H2,1-7H3. The summed E-state index contributed by atoms with van der Waals surface area (Å²) in [5.74, 6) is 0. The maximum absolute atomic E-state index is 4.76. The lowest BCUT2D eigenvalue weighted by Gasteiger charge is -2.15. The van der Waals surface area contributed by atoms with Crippen molar-refractivity contribution in [3.63, 3.8) is 0 Å². The molecule has 0 radical (unpaired) electrons. The second-order valence-corrected chi connectivity index (χ2v) is 4.55. The SMILES string of the molecule is CCN=C(C)c1nc(C(C)=NC)c(C)c(C)c1C. The van der Waals surface area contributed by atoms with Crippen molar-refractivity contribution in [1.82, 2.24) is 4.98 Å². The van der Waals surface area contributed by atoms with Gasteiger partial charge in [0, 0.05) is 13.6 Å². The highest BCUT2D eigenvalue weighted by Gasteiger charge is 2.14. The molecule has 0 aliphatic carbocycles. The predicted molar refractivity (Wildman–Crippen MR) is 79.3 cm³/mol. The predicted octanol–water partition coefficient (Wildman–Crippen LogP) is 3.27. The Bertz CT molecular complexity index is 511. The van der Waals surface area contributed by atoms with E-state index in [1.165, 1.54) is 16.7 Å². The van der Waals surface area contributed by atoms with E-state index < -0.39 is 0 Å². The molecular weight excluding hydrogens is 222 g/mol. The summed E-state index contributed by atoms with van der Waals surface area (Å²) in [7, 11) is 1.80. The Morgan fingerprint density at radius 1 is 0.944 bits per heavy atom. The number of hydrogen-bond donors (Lipinski definition) is 0. The maximum atomic E-state index is 4.76. The molecule has 0 N–H and O–H groups in total. The van der Waals surface area contributed by atoms with Gasteiger partial charge in [0.25, 0.3) is 0 Å². The second kappa shape index (κ2) is 5.89. The number of aliphatic imine (C=N–C) groups is 2. The van der Waals surface area contributed by atoms with E-state index in [2.05, 4.69) is 30.8 Å². The number of aromatic nitrogens is 1. The lowest BCUT2D eigenvalue weighted by atomic mass is 9.98. The average Bonchev–Trinajstić information content (AvgIpc) is 2.35. The molecule has 0 aliphatic rings. The molecule has 0 spiro atoms. The Hall–Kier alpha value is -1.51. The number of hydrogen-bond acceptors (Lipinski definition) is 3. The third-order valence-corrected chi connectivity index (χ3v) is 3.48. The Balaban J connectivity index is 3.56. The molecule has 0 unspecified atom stereocenters. The van der Waals surface area contributed by atoms with Gasteiger partial charge in [-0.3, -0.25) is 9.98 Å². The summed E-state index contributed by atoms with van der Waals surface area (Å²) in [5.41, 5.74) is 7.67. The summed E-state index contributed by atoms with van der Waals surface area (Å²) in [6.45, 7) is 13.2. The van der Waals surface area contributed by atoms with E-state index in [-0.39, 0.29) is 0 Å². The molecule has 18 heavy (non-hydrogen) atoms. The molecule has 1 rings (SSSR count). The molecule has 3 nitrogen and oxygen atoms in total. The van der Waals surface area contributed by atoms with E-state index in [1.807, 2.05) is 20.8 Å². The third-order valence-electron chi connectivity index (χ3n) is 3.48. The van der Waals surface area contributed by atoms with Gasteiger partial charge in [-0.05, 0) is 58.2 Å². The molecular formula is C15H23N3. The van der Waals surface area contributed by atoms with Crippen molar-refractivity contribution in [3.05, 3.63) is 28.1 Å². The Morgan fingerprint density at radius 3 is 1.89 bits per heavy atom. The first kappa shape index (κ1) is 14.6. The minimum atomic E-state index is 0.788. The summed E-state index contributed by atoms with van der Waals surface area (Å²) in [5, 5.41) is 0. The molecule has 1 aromatic rings. The van der Waals surface area contributed by atoms with Crippen LogP contribution in [0.1, 0.15) is 48.8 Å². The van der Waals surface area contributed by atoms with Crippen LogP contribution < -0.4 is 0 Å². The summed E-state index contributed by atoms with van der Waals surface area (Å²) in [4.78, 5) is 13.5. The van der Waals surface area contributed by atoms with Crippen molar-refractivity contribution in [2.45, 2.75) is 41.5 Å². The van der Waals surface area contributed by atoms with Crippen LogP contribution in [-0.4, -0.2) is 30.0 Å². The molecule has 0 atom stereocenters. The van der Waals surface area contributed by atoms with Crippen LogP contribution in [0, 0.1) is 20.8 Å². The molecule has 0 aromatic carbocycles. The number of rotatable bonds is 3. The van der Waals surface area contributed by atoms with Crippen molar-refractivity contribution >= 4 is 11.4 Å². The molecule has 3 heteroatoms. The first-order valence-corrected chi connectivity index (χ1v) is 6.36. The van der Waals surface area contributed by atoms with Gasteiger partial charge in [-0.25, -0.2) is 4.98 Å². The van der Waals surface area contributed by atoms with Crippen LogP contribution in [-0.2, 0) is 0 Å². The minimum absolute atomic E-state index is 0.788. The van der Waals surface area contributed by atoms with E-state index >= 15 is 0 Å². The third kappa shape index (κ3) is 2.66. The molecule has 0 saturated heterocycles. The van der Waals surface area contributed by atoms with Crippen LogP contribution in [0.3, 0.4) is 0 Å². The zero-order chi connectivity index (χ0) is 13.9. The van der Waals surface area contributed by atoms with Crippen LogP contribution in [0.4, 0.5) is 0 Å². The molecule has 0 amide bonds. The first-order valence-electron chi connectivity index (χ1n) is 6.36. The van der Waals surface area contributed by atoms with Crippen LogP contribution in [0.5, 0.6) is 0 Å². The summed E-state index contributed by atoms with van der Waals surface area (Å²) in [6.07, 6.45) is 0. The summed E-state index contributed by atoms with van der Waals surface area (Å²) in [6, 6.07) is 0. The van der Waals surface area contributed by atoms with Gasteiger partial charge in [-0.15, -0.1) is 0 Å². The second-order valence-electron chi connectivity index (χ2n) is 4.55. The highest BCUT2D eigenvalue weighted by molar-refractivity contribution is 6.02. The molecule has 0 bridgehead atoms. The van der Waals surface area contributed by atoms with Gasteiger partial charge in [0.15, 0.2) is 0 Å². The van der Waals surface area contributed by atoms with E-state index in [0.717, 1.165) is 29.4 Å². The molecule has 0 saturated carbocycles.